The lowest BCUT2D eigenvalue weighted by Crippen LogP contribution is -2.19. The molecule has 68 valence electrons. The van der Waals surface area contributed by atoms with Gasteiger partial charge in [-0.15, -0.1) is 0 Å². The fourth-order valence-corrected chi connectivity index (χ4v) is 3.09. The van der Waals surface area contributed by atoms with Crippen molar-refractivity contribution in [2.24, 2.45) is 23.2 Å². The summed E-state index contributed by atoms with van der Waals surface area (Å²) in [7, 11) is 1.49. The van der Waals surface area contributed by atoms with Crippen LogP contribution in [0.5, 0.6) is 0 Å². The lowest BCUT2D eigenvalue weighted by molar-refractivity contribution is -0.146. The van der Waals surface area contributed by atoms with Crippen LogP contribution in [0.25, 0.3) is 0 Å². The largest absolute Gasteiger partial charge is 0.469 e. The average molecular weight is 168 g/mol. The second-order valence-electron chi connectivity index (χ2n) is 4.66. The predicted molar refractivity (Wildman–Crippen MR) is 45.5 cm³/mol. The molecule has 2 unspecified atom stereocenters. The second kappa shape index (κ2) is 2.24. The van der Waals surface area contributed by atoms with Crippen molar-refractivity contribution in [2.45, 2.75) is 26.7 Å². The highest BCUT2D eigenvalue weighted by atomic mass is 16.5. The number of rotatable bonds is 1. The first kappa shape index (κ1) is 8.09. The number of hydrogen-bond donors (Lipinski definition) is 0. The Morgan fingerprint density at radius 1 is 1.42 bits per heavy atom. The molecular weight excluding hydrogens is 152 g/mol. The maximum absolute atomic E-state index is 11.3. The molecule has 12 heavy (non-hydrogen) atoms. The van der Waals surface area contributed by atoms with E-state index in [1.54, 1.807) is 0 Å². The number of carbonyl (C=O) groups is 1. The molecule has 2 aliphatic rings. The molecular formula is C10H16O2. The molecule has 2 rings (SSSR count). The molecule has 0 spiro atoms. The van der Waals surface area contributed by atoms with Crippen molar-refractivity contribution in [1.82, 2.24) is 0 Å². The van der Waals surface area contributed by atoms with Crippen molar-refractivity contribution in [3.05, 3.63) is 0 Å². The Kier molecular flexibility index (Phi) is 1.51. The molecule has 2 nitrogen and oxygen atoms in total. The Labute approximate surface area is 73.3 Å². The highest BCUT2D eigenvalue weighted by Gasteiger charge is 2.65. The molecule has 2 aliphatic carbocycles. The van der Waals surface area contributed by atoms with Gasteiger partial charge in [0, 0.05) is 0 Å². The number of ether oxygens (including phenoxy) is 1. The quantitative estimate of drug-likeness (QED) is 0.558. The first-order chi connectivity index (χ1) is 5.59. The lowest BCUT2D eigenvalue weighted by Gasteiger charge is -2.14. The monoisotopic (exact) mass is 168 g/mol. The Hall–Kier alpha value is -0.530. The maximum Gasteiger partial charge on any atom is 0.308 e. The molecule has 0 saturated heterocycles. The highest BCUT2D eigenvalue weighted by molar-refractivity contribution is 5.74. The summed E-state index contributed by atoms with van der Waals surface area (Å²) in [6, 6.07) is 0. The number of esters is 1. The van der Waals surface area contributed by atoms with Crippen LogP contribution in [-0.4, -0.2) is 13.1 Å². The average Bonchev–Trinajstić information content (AvgIpc) is 2.52. The molecule has 0 radical (unpaired) electrons. The van der Waals surface area contributed by atoms with Gasteiger partial charge < -0.3 is 4.74 Å². The Morgan fingerprint density at radius 3 is 2.50 bits per heavy atom. The van der Waals surface area contributed by atoms with Gasteiger partial charge in [-0.3, -0.25) is 4.79 Å². The fourth-order valence-electron chi connectivity index (χ4n) is 3.09. The highest BCUT2D eigenvalue weighted by Crippen LogP contribution is 2.69. The minimum atomic E-state index is 0.00748. The first-order valence-electron chi connectivity index (χ1n) is 4.67. The van der Waals surface area contributed by atoms with Gasteiger partial charge in [0.25, 0.3) is 0 Å². The smallest absolute Gasteiger partial charge is 0.308 e. The third-order valence-electron chi connectivity index (χ3n) is 3.87. The Morgan fingerprint density at radius 2 is 2.08 bits per heavy atom. The summed E-state index contributed by atoms with van der Waals surface area (Å²) in [5.41, 5.74) is 0.414. The van der Waals surface area contributed by atoms with E-state index in [-0.39, 0.29) is 11.9 Å². The van der Waals surface area contributed by atoms with Gasteiger partial charge in [0.05, 0.1) is 13.0 Å². The molecule has 2 fully saturated rings. The normalized spacial score (nSPS) is 42.1. The van der Waals surface area contributed by atoms with E-state index in [9.17, 15) is 4.79 Å². The van der Waals surface area contributed by atoms with Gasteiger partial charge in [0.15, 0.2) is 0 Å². The van der Waals surface area contributed by atoms with Crippen molar-refractivity contribution in [3.8, 4) is 0 Å². The van der Waals surface area contributed by atoms with Gasteiger partial charge >= 0.3 is 5.97 Å². The summed E-state index contributed by atoms with van der Waals surface area (Å²) in [6.07, 6.45) is 2.27. The molecule has 0 heterocycles. The Bertz CT molecular complexity index is 220. The van der Waals surface area contributed by atoms with Gasteiger partial charge in [-0.2, -0.15) is 0 Å². The zero-order valence-electron chi connectivity index (χ0n) is 7.96. The van der Waals surface area contributed by atoms with Crippen molar-refractivity contribution in [1.29, 1.82) is 0 Å². The number of carbonyl (C=O) groups excluding carboxylic acids is 1. The van der Waals surface area contributed by atoms with E-state index in [1.807, 2.05) is 0 Å². The molecule has 0 aromatic rings. The van der Waals surface area contributed by atoms with Crippen molar-refractivity contribution < 1.29 is 9.53 Å². The second-order valence-corrected chi connectivity index (χ2v) is 4.66. The summed E-state index contributed by atoms with van der Waals surface area (Å²) in [5.74, 6) is 1.62. The maximum atomic E-state index is 11.3. The molecule has 0 bridgehead atoms. The topological polar surface area (TPSA) is 26.3 Å². The first-order valence-corrected chi connectivity index (χ1v) is 4.67. The van der Waals surface area contributed by atoms with Crippen LogP contribution >= 0.6 is 0 Å². The van der Waals surface area contributed by atoms with Gasteiger partial charge in [-0.25, -0.2) is 0 Å². The summed E-state index contributed by atoms with van der Waals surface area (Å²) < 4.78 is 4.79. The van der Waals surface area contributed by atoms with Crippen LogP contribution in [0.1, 0.15) is 26.7 Å². The minimum absolute atomic E-state index is 0.00748. The number of hydrogen-bond acceptors (Lipinski definition) is 2. The molecule has 0 N–H and O–H groups in total. The molecule has 0 aromatic carbocycles. The summed E-state index contributed by atoms with van der Waals surface area (Å²) in [6.45, 7) is 4.52. The van der Waals surface area contributed by atoms with E-state index in [2.05, 4.69) is 13.8 Å². The van der Waals surface area contributed by atoms with Crippen LogP contribution < -0.4 is 0 Å². The van der Waals surface area contributed by atoms with Crippen LogP contribution in [0.2, 0.25) is 0 Å². The van der Waals surface area contributed by atoms with Crippen LogP contribution in [0.3, 0.4) is 0 Å². The molecule has 0 amide bonds. The summed E-state index contributed by atoms with van der Waals surface area (Å²) >= 11 is 0. The zero-order valence-corrected chi connectivity index (χ0v) is 7.96. The van der Waals surface area contributed by atoms with E-state index in [0.717, 1.165) is 12.3 Å². The summed E-state index contributed by atoms with van der Waals surface area (Å²) in [4.78, 5) is 11.3. The summed E-state index contributed by atoms with van der Waals surface area (Å²) in [5, 5.41) is 0. The van der Waals surface area contributed by atoms with Gasteiger partial charge in [0.2, 0.25) is 0 Å². The zero-order chi connectivity index (χ0) is 8.93. The van der Waals surface area contributed by atoms with Crippen molar-refractivity contribution >= 4 is 5.97 Å². The number of methoxy groups -OCH3 is 1. The van der Waals surface area contributed by atoms with Crippen LogP contribution in [-0.2, 0) is 9.53 Å². The number of fused-ring (bicyclic) bond motifs is 1. The third-order valence-corrected chi connectivity index (χ3v) is 3.87. The minimum Gasteiger partial charge on any atom is -0.469 e. The Balaban J connectivity index is 2.08. The van der Waals surface area contributed by atoms with Gasteiger partial charge in [-0.1, -0.05) is 13.8 Å². The molecule has 2 heteroatoms. The van der Waals surface area contributed by atoms with Crippen LogP contribution in [0, 0.1) is 23.2 Å². The van der Waals surface area contributed by atoms with Gasteiger partial charge in [0.1, 0.15) is 0 Å². The molecule has 3 atom stereocenters. The standard InChI is InChI=1S/C10H16O2/c1-10(2)7-5-4-6(8(7)10)9(11)12-3/h6-8H,4-5H2,1-3H3/t6-,7?,8?/m0/s1. The van der Waals surface area contributed by atoms with E-state index < -0.39 is 0 Å². The molecule has 0 aliphatic heterocycles. The molecule has 0 aromatic heterocycles. The van der Waals surface area contributed by atoms with Crippen molar-refractivity contribution in [2.75, 3.05) is 7.11 Å². The lowest BCUT2D eigenvalue weighted by atomic mass is 9.93. The fraction of sp³-hybridized carbons (Fsp3) is 0.900. The predicted octanol–water partition coefficient (Wildman–Crippen LogP) is 1.84. The van der Waals surface area contributed by atoms with Crippen molar-refractivity contribution in [3.63, 3.8) is 0 Å². The van der Waals surface area contributed by atoms with E-state index in [4.69, 9.17) is 4.74 Å². The van der Waals surface area contributed by atoms with E-state index in [0.29, 0.717) is 11.3 Å². The van der Waals surface area contributed by atoms with E-state index >= 15 is 0 Å². The van der Waals surface area contributed by atoms with Gasteiger partial charge in [-0.05, 0) is 30.1 Å². The SMILES string of the molecule is COC(=O)[C@H]1CCC2C1C2(C)C. The third kappa shape index (κ3) is 0.838. The van der Waals surface area contributed by atoms with Crippen LogP contribution in [0.4, 0.5) is 0 Å². The van der Waals surface area contributed by atoms with E-state index in [1.165, 1.54) is 13.5 Å². The molecule has 2 saturated carbocycles. The van der Waals surface area contributed by atoms with Crippen LogP contribution in [0.15, 0.2) is 0 Å².